The van der Waals surface area contributed by atoms with E-state index in [1.807, 2.05) is 6.92 Å². The zero-order chi connectivity index (χ0) is 16.0. The van der Waals surface area contributed by atoms with Gasteiger partial charge in [0.1, 0.15) is 0 Å². The molecule has 0 saturated heterocycles. The molecular formula is C16H25F3N2. The molecule has 0 aliphatic heterocycles. The number of likely N-dealkylation sites (N-methyl/N-ethyl adjacent to an activating group) is 1. The number of rotatable bonds is 7. The minimum Gasteiger partial charge on any atom is -0.306 e. The Morgan fingerprint density at radius 2 is 1.76 bits per heavy atom. The molecule has 1 N–H and O–H groups in total. The van der Waals surface area contributed by atoms with E-state index in [0.717, 1.165) is 25.7 Å². The first-order valence-electron chi connectivity index (χ1n) is 7.43. The third-order valence-corrected chi connectivity index (χ3v) is 3.67. The smallest absolute Gasteiger partial charge is 0.306 e. The lowest BCUT2D eigenvalue weighted by Gasteiger charge is -2.26. The Balaban J connectivity index is 2.69. The summed E-state index contributed by atoms with van der Waals surface area (Å²) in [6.07, 6.45) is -4.29. The summed E-state index contributed by atoms with van der Waals surface area (Å²) in [5, 5.41) is 3.36. The molecule has 1 aromatic carbocycles. The van der Waals surface area contributed by atoms with Gasteiger partial charge in [0, 0.05) is 18.6 Å². The van der Waals surface area contributed by atoms with Crippen molar-refractivity contribution in [3.63, 3.8) is 0 Å². The minimum atomic E-state index is -4.29. The first-order chi connectivity index (χ1) is 9.77. The molecule has 0 aliphatic rings. The molecule has 2 nitrogen and oxygen atoms in total. The third-order valence-electron chi connectivity index (χ3n) is 3.67. The van der Waals surface area contributed by atoms with E-state index >= 15 is 0 Å². The van der Waals surface area contributed by atoms with Crippen LogP contribution in [-0.4, -0.2) is 30.6 Å². The molecule has 0 radical (unpaired) electrons. The predicted molar refractivity (Wildman–Crippen MR) is 80.2 cm³/mol. The lowest BCUT2D eigenvalue weighted by atomic mass is 10.0. The average Bonchev–Trinajstić information content (AvgIpc) is 2.43. The summed E-state index contributed by atoms with van der Waals surface area (Å²) < 4.78 is 38.2. The summed E-state index contributed by atoms with van der Waals surface area (Å²) in [6.45, 7) is 11.0. The average molecular weight is 302 g/mol. The largest absolute Gasteiger partial charge is 0.416 e. The van der Waals surface area contributed by atoms with Gasteiger partial charge in [-0.2, -0.15) is 13.2 Å². The predicted octanol–water partition coefficient (Wildman–Crippen LogP) is 4.09. The van der Waals surface area contributed by atoms with E-state index in [1.54, 1.807) is 6.07 Å². The summed E-state index contributed by atoms with van der Waals surface area (Å²) in [5.41, 5.74) is 0.0706. The van der Waals surface area contributed by atoms with Gasteiger partial charge in [-0.1, -0.05) is 26.0 Å². The maximum Gasteiger partial charge on any atom is 0.416 e. The molecule has 1 rings (SSSR count). The molecule has 0 aliphatic carbocycles. The summed E-state index contributed by atoms with van der Waals surface area (Å²) in [4.78, 5) is 2.29. The minimum absolute atomic E-state index is 0.113. The van der Waals surface area contributed by atoms with Gasteiger partial charge in [-0.15, -0.1) is 0 Å². The first-order valence-corrected chi connectivity index (χ1v) is 7.43. The Hall–Kier alpha value is -1.07. The van der Waals surface area contributed by atoms with Crippen LogP contribution >= 0.6 is 0 Å². The maximum atomic E-state index is 12.7. The maximum absolute atomic E-state index is 12.7. The lowest BCUT2D eigenvalue weighted by molar-refractivity contribution is -0.137. The highest BCUT2D eigenvalue weighted by atomic mass is 19.4. The molecular weight excluding hydrogens is 277 g/mol. The number of hydrogen-bond acceptors (Lipinski definition) is 2. The van der Waals surface area contributed by atoms with Crippen LogP contribution in [0.25, 0.3) is 0 Å². The molecule has 0 bridgehead atoms. The molecule has 21 heavy (non-hydrogen) atoms. The molecule has 120 valence electrons. The van der Waals surface area contributed by atoms with Gasteiger partial charge in [0.15, 0.2) is 0 Å². The standard InChI is InChI=1S/C16H25F3N2/c1-5-21(6-2)11-12(3)20-13(4)14-8-7-9-15(10-14)16(17,18)19/h7-10,12-13,20H,5-6,11H2,1-4H3. The Bertz CT molecular complexity index is 428. The second-order valence-corrected chi connectivity index (χ2v) is 5.40. The summed E-state index contributed by atoms with van der Waals surface area (Å²) in [7, 11) is 0. The molecule has 1 aromatic rings. The van der Waals surface area contributed by atoms with Crippen LogP contribution < -0.4 is 5.32 Å². The van der Waals surface area contributed by atoms with E-state index in [-0.39, 0.29) is 12.1 Å². The van der Waals surface area contributed by atoms with Crippen molar-refractivity contribution in [2.75, 3.05) is 19.6 Å². The molecule has 0 amide bonds. The number of hydrogen-bond donors (Lipinski definition) is 1. The Morgan fingerprint density at radius 1 is 1.14 bits per heavy atom. The Morgan fingerprint density at radius 3 is 2.29 bits per heavy atom. The van der Waals surface area contributed by atoms with Gasteiger partial charge in [-0.05, 0) is 44.6 Å². The van der Waals surface area contributed by atoms with Crippen molar-refractivity contribution >= 4 is 0 Å². The highest BCUT2D eigenvalue weighted by Gasteiger charge is 2.30. The van der Waals surface area contributed by atoms with E-state index in [0.29, 0.717) is 5.56 Å². The normalized spacial score (nSPS) is 15.2. The van der Waals surface area contributed by atoms with Gasteiger partial charge >= 0.3 is 6.18 Å². The van der Waals surface area contributed by atoms with Crippen LogP contribution in [0, 0.1) is 0 Å². The van der Waals surface area contributed by atoms with Crippen molar-refractivity contribution in [2.24, 2.45) is 0 Å². The highest BCUT2D eigenvalue weighted by molar-refractivity contribution is 5.27. The van der Waals surface area contributed by atoms with Crippen LogP contribution in [0.15, 0.2) is 24.3 Å². The molecule has 0 spiro atoms. The van der Waals surface area contributed by atoms with Crippen molar-refractivity contribution in [2.45, 2.75) is 46.0 Å². The van der Waals surface area contributed by atoms with Crippen LogP contribution in [0.5, 0.6) is 0 Å². The number of halogens is 3. The van der Waals surface area contributed by atoms with Crippen LogP contribution in [0.2, 0.25) is 0 Å². The number of alkyl halides is 3. The summed E-state index contributed by atoms with van der Waals surface area (Å²) in [6, 6.07) is 5.63. The molecule has 0 fully saturated rings. The zero-order valence-electron chi connectivity index (χ0n) is 13.2. The number of benzene rings is 1. The second-order valence-electron chi connectivity index (χ2n) is 5.40. The fraction of sp³-hybridized carbons (Fsp3) is 0.625. The molecule has 0 heterocycles. The molecule has 0 saturated carbocycles. The Labute approximate surface area is 125 Å². The van der Waals surface area contributed by atoms with Crippen molar-refractivity contribution in [3.05, 3.63) is 35.4 Å². The van der Waals surface area contributed by atoms with Crippen molar-refractivity contribution in [3.8, 4) is 0 Å². The molecule has 5 heteroatoms. The monoisotopic (exact) mass is 302 g/mol. The SMILES string of the molecule is CCN(CC)CC(C)NC(C)c1cccc(C(F)(F)F)c1. The van der Waals surface area contributed by atoms with Gasteiger partial charge in [0.05, 0.1) is 5.56 Å². The fourth-order valence-electron chi connectivity index (χ4n) is 2.43. The van der Waals surface area contributed by atoms with Gasteiger partial charge in [-0.3, -0.25) is 0 Å². The molecule has 2 atom stereocenters. The van der Waals surface area contributed by atoms with Gasteiger partial charge < -0.3 is 10.2 Å². The van der Waals surface area contributed by atoms with Crippen LogP contribution in [0.4, 0.5) is 13.2 Å². The van der Waals surface area contributed by atoms with E-state index in [9.17, 15) is 13.2 Å². The summed E-state index contributed by atoms with van der Waals surface area (Å²) >= 11 is 0. The van der Waals surface area contributed by atoms with E-state index in [4.69, 9.17) is 0 Å². The summed E-state index contributed by atoms with van der Waals surface area (Å²) in [5.74, 6) is 0. The quantitative estimate of drug-likeness (QED) is 0.816. The van der Waals surface area contributed by atoms with Crippen molar-refractivity contribution < 1.29 is 13.2 Å². The second kappa shape index (κ2) is 7.80. The molecule has 0 aromatic heterocycles. The van der Waals surface area contributed by atoms with Crippen LogP contribution in [-0.2, 0) is 6.18 Å². The van der Waals surface area contributed by atoms with Crippen LogP contribution in [0.1, 0.15) is 44.9 Å². The van der Waals surface area contributed by atoms with Gasteiger partial charge in [-0.25, -0.2) is 0 Å². The van der Waals surface area contributed by atoms with E-state index in [2.05, 4.69) is 31.0 Å². The highest BCUT2D eigenvalue weighted by Crippen LogP contribution is 2.30. The molecule has 2 unspecified atom stereocenters. The van der Waals surface area contributed by atoms with Crippen molar-refractivity contribution in [1.82, 2.24) is 10.2 Å². The lowest BCUT2D eigenvalue weighted by Crippen LogP contribution is -2.40. The fourth-order valence-corrected chi connectivity index (χ4v) is 2.43. The zero-order valence-corrected chi connectivity index (χ0v) is 13.2. The number of nitrogens with zero attached hydrogens (tertiary/aromatic N) is 1. The van der Waals surface area contributed by atoms with E-state index < -0.39 is 11.7 Å². The van der Waals surface area contributed by atoms with Crippen molar-refractivity contribution in [1.29, 1.82) is 0 Å². The Kier molecular flexibility index (Phi) is 6.68. The topological polar surface area (TPSA) is 15.3 Å². The van der Waals surface area contributed by atoms with E-state index in [1.165, 1.54) is 12.1 Å². The van der Waals surface area contributed by atoms with Gasteiger partial charge in [0.2, 0.25) is 0 Å². The van der Waals surface area contributed by atoms with Crippen LogP contribution in [0.3, 0.4) is 0 Å². The number of nitrogens with one attached hydrogen (secondary N) is 1. The first kappa shape index (κ1) is 18.0. The third kappa shape index (κ3) is 5.67. The van der Waals surface area contributed by atoms with Gasteiger partial charge in [0.25, 0.3) is 0 Å².